The minimum absolute atomic E-state index is 0.0602. The lowest BCUT2D eigenvalue weighted by atomic mass is 10.1. The first kappa shape index (κ1) is 34.1. The van der Waals surface area contributed by atoms with Crippen molar-refractivity contribution in [2.24, 2.45) is 0 Å². The van der Waals surface area contributed by atoms with E-state index in [2.05, 4.69) is 0 Å². The van der Waals surface area contributed by atoms with E-state index >= 15 is 0 Å². The molecule has 2 amide bonds. The van der Waals surface area contributed by atoms with Crippen LogP contribution in [0, 0.1) is 0 Å². The zero-order valence-corrected chi connectivity index (χ0v) is 24.5. The Morgan fingerprint density at radius 1 is 0.696 bits per heavy atom. The van der Waals surface area contributed by atoms with Gasteiger partial charge >= 0.3 is 35.8 Å². The Bertz CT molecular complexity index is 1650. The van der Waals surface area contributed by atoms with E-state index in [9.17, 15) is 38.7 Å². The van der Waals surface area contributed by atoms with Crippen LogP contribution in [0.25, 0.3) is 0 Å². The van der Waals surface area contributed by atoms with Crippen LogP contribution in [0.5, 0.6) is 23.0 Å². The van der Waals surface area contributed by atoms with Gasteiger partial charge in [0.25, 0.3) is 5.91 Å². The molecule has 0 saturated heterocycles. The molecule has 3 N–H and O–H groups in total. The summed E-state index contributed by atoms with van der Waals surface area (Å²) in [6, 6.07) is 9.38. The molecule has 3 rings (SSSR count). The number of carboxylic acid groups (broad SMARTS) is 1. The van der Waals surface area contributed by atoms with Gasteiger partial charge in [0.05, 0.1) is 31.6 Å². The van der Waals surface area contributed by atoms with Crippen molar-refractivity contribution in [1.82, 2.24) is 10.9 Å². The van der Waals surface area contributed by atoms with Crippen molar-refractivity contribution in [3.8, 4) is 23.0 Å². The molecule has 46 heavy (non-hydrogen) atoms. The van der Waals surface area contributed by atoms with E-state index in [4.69, 9.17) is 32.8 Å². The van der Waals surface area contributed by atoms with Crippen LogP contribution < -0.4 is 29.8 Å². The Labute approximate surface area is 259 Å². The van der Waals surface area contributed by atoms with Crippen LogP contribution >= 0.6 is 0 Å². The molecule has 0 aliphatic rings. The van der Waals surface area contributed by atoms with Crippen molar-refractivity contribution in [3.63, 3.8) is 0 Å². The summed E-state index contributed by atoms with van der Waals surface area (Å²) in [5.74, 6) is -8.86. The highest BCUT2D eigenvalue weighted by atomic mass is 16.6. The Hall–Kier alpha value is -6.39. The first-order chi connectivity index (χ1) is 21.8. The molecule has 2 aromatic carbocycles. The second-order valence-electron chi connectivity index (χ2n) is 8.83. The van der Waals surface area contributed by atoms with Gasteiger partial charge in [-0.25, -0.2) is 14.4 Å². The topological polar surface area (TPSA) is 232 Å². The van der Waals surface area contributed by atoms with E-state index in [0.29, 0.717) is 0 Å². The quantitative estimate of drug-likeness (QED) is 0.144. The number of methoxy groups -OCH3 is 2. The van der Waals surface area contributed by atoms with Gasteiger partial charge in [-0.1, -0.05) is 0 Å². The third kappa shape index (κ3) is 8.82. The van der Waals surface area contributed by atoms with Gasteiger partial charge < -0.3 is 37.9 Å². The number of esters is 4. The highest BCUT2D eigenvalue weighted by molar-refractivity contribution is 5.98. The van der Waals surface area contributed by atoms with Crippen molar-refractivity contribution in [2.45, 2.75) is 26.1 Å². The lowest BCUT2D eigenvalue weighted by molar-refractivity contribution is -0.159. The average Bonchev–Trinajstić information content (AvgIpc) is 3.56. The molecule has 0 bridgehead atoms. The van der Waals surface area contributed by atoms with E-state index in [1.807, 2.05) is 10.9 Å². The Kier molecular flexibility index (Phi) is 11.4. The van der Waals surface area contributed by atoms with Gasteiger partial charge in [0.1, 0.15) is 0 Å². The van der Waals surface area contributed by atoms with Crippen LogP contribution in [0.3, 0.4) is 0 Å². The predicted octanol–water partition coefficient (Wildman–Crippen LogP) is 1.44. The van der Waals surface area contributed by atoms with Crippen LogP contribution in [0.15, 0.2) is 59.2 Å². The number of carboxylic acids is 1. The summed E-state index contributed by atoms with van der Waals surface area (Å²) in [5, 5.41) is 9.94. The number of aliphatic carboxylic acids is 1. The molecule has 0 unspecified atom stereocenters. The molecular weight excluding hydrogens is 616 g/mol. The number of rotatable bonds is 12. The van der Waals surface area contributed by atoms with E-state index in [-0.39, 0.29) is 39.9 Å². The number of carbonyl (C=O) groups is 7. The van der Waals surface area contributed by atoms with Gasteiger partial charge in [0.15, 0.2) is 28.8 Å². The van der Waals surface area contributed by atoms with E-state index in [1.54, 1.807) is 0 Å². The minimum Gasteiger partial charge on any atom is -0.493 e. The molecule has 3 aromatic rings. The molecule has 0 aliphatic heterocycles. The maximum absolute atomic E-state index is 13.2. The van der Waals surface area contributed by atoms with E-state index < -0.39 is 53.9 Å². The number of hydrogen-bond acceptors (Lipinski definition) is 14. The molecule has 0 saturated carbocycles. The monoisotopic (exact) mass is 642 g/mol. The normalized spacial score (nSPS) is 11.6. The summed E-state index contributed by atoms with van der Waals surface area (Å²) < 4.78 is 35.3. The van der Waals surface area contributed by atoms with Gasteiger partial charge in [0, 0.05) is 13.8 Å². The summed E-state index contributed by atoms with van der Waals surface area (Å²) in [5.41, 5.74) is 3.24. The number of amides is 2. The Balaban J connectivity index is 1.93. The highest BCUT2D eigenvalue weighted by Gasteiger charge is 2.41. The van der Waals surface area contributed by atoms with Crippen molar-refractivity contribution in [1.29, 1.82) is 0 Å². The number of hydrazine groups is 1. The fourth-order valence-electron chi connectivity index (χ4n) is 3.59. The summed E-state index contributed by atoms with van der Waals surface area (Å²) in [6.07, 6.45) is -3.72. The van der Waals surface area contributed by atoms with Gasteiger partial charge in [-0.05, 0) is 48.5 Å². The molecule has 17 nitrogen and oxygen atoms in total. The lowest BCUT2D eigenvalue weighted by Crippen LogP contribution is -2.54. The van der Waals surface area contributed by atoms with Crippen LogP contribution in [0.2, 0.25) is 0 Å². The van der Waals surface area contributed by atoms with Crippen LogP contribution in [0.1, 0.15) is 45.1 Å². The summed E-state index contributed by atoms with van der Waals surface area (Å²) in [7, 11) is 2.42. The maximum Gasteiger partial charge on any atom is 0.349 e. The van der Waals surface area contributed by atoms with E-state index in [1.165, 1.54) is 44.7 Å². The van der Waals surface area contributed by atoms with Crippen molar-refractivity contribution >= 4 is 41.7 Å². The molecule has 1 heterocycles. The fraction of sp³-hybridized carbons (Fsp3) is 0.207. The molecular formula is C29H26N2O15. The number of benzene rings is 2. The predicted molar refractivity (Wildman–Crippen MR) is 149 cm³/mol. The molecule has 0 radical (unpaired) electrons. The third-order valence-corrected chi connectivity index (χ3v) is 5.60. The number of ether oxygens (including phenoxy) is 6. The fourth-order valence-corrected chi connectivity index (χ4v) is 3.59. The largest absolute Gasteiger partial charge is 0.493 e. The van der Waals surface area contributed by atoms with Crippen LogP contribution in [-0.2, 0) is 28.7 Å². The number of hydrogen-bond donors (Lipinski definition) is 3. The molecule has 0 spiro atoms. The first-order valence-electron chi connectivity index (χ1n) is 12.9. The Morgan fingerprint density at radius 3 is 1.61 bits per heavy atom. The molecule has 17 heteroatoms. The summed E-state index contributed by atoms with van der Waals surface area (Å²) >= 11 is 0. The number of carbonyl (C=O) groups excluding carboxylic acids is 6. The molecule has 0 aliphatic carbocycles. The zero-order valence-electron chi connectivity index (χ0n) is 24.5. The van der Waals surface area contributed by atoms with Gasteiger partial charge in [-0.15, -0.1) is 0 Å². The number of furan rings is 1. The number of nitrogens with one attached hydrogen (secondary N) is 2. The second-order valence-corrected chi connectivity index (χ2v) is 8.83. The summed E-state index contributed by atoms with van der Waals surface area (Å²) in [6.45, 7) is 2.26. The maximum atomic E-state index is 13.2. The Morgan fingerprint density at radius 2 is 1.20 bits per heavy atom. The smallest absolute Gasteiger partial charge is 0.349 e. The molecule has 2 atom stereocenters. The third-order valence-electron chi connectivity index (χ3n) is 5.60. The minimum atomic E-state index is -2.49. The molecule has 1 aromatic heterocycles. The van der Waals surface area contributed by atoms with Gasteiger partial charge in [-0.3, -0.25) is 30.0 Å². The zero-order chi connectivity index (χ0) is 34.0. The van der Waals surface area contributed by atoms with Crippen LogP contribution in [-0.4, -0.2) is 73.2 Å². The van der Waals surface area contributed by atoms with Crippen molar-refractivity contribution < 1.29 is 71.5 Å². The van der Waals surface area contributed by atoms with Crippen molar-refractivity contribution in [3.05, 3.63) is 71.7 Å². The van der Waals surface area contributed by atoms with E-state index in [0.717, 1.165) is 38.1 Å². The molecule has 0 fully saturated rings. The van der Waals surface area contributed by atoms with Crippen LogP contribution in [0.4, 0.5) is 0 Å². The molecule has 242 valence electrons. The second kappa shape index (κ2) is 15.4. The van der Waals surface area contributed by atoms with Gasteiger partial charge in [-0.2, -0.15) is 0 Å². The van der Waals surface area contributed by atoms with Crippen molar-refractivity contribution in [2.75, 3.05) is 14.2 Å². The summed E-state index contributed by atoms with van der Waals surface area (Å²) in [4.78, 5) is 86.5. The first-order valence-corrected chi connectivity index (χ1v) is 12.9. The standard InChI is InChI=1S/C29H26N2O15/c1-14(32)43-18-9-7-16(12-21(18)40-3)28(38)45-23(26(35)31-30-25(34)20-6-5-11-42-20)24(27(36)37)46-29(39)17-8-10-19(44-15(2)33)22(13-17)41-4/h5-13,23-24H,1-4H3,(H,30,34)(H,31,35)(H,36,37)/t23-,24-/m0/s1. The lowest BCUT2D eigenvalue weighted by Gasteiger charge is -2.23. The SMILES string of the molecule is COc1cc(C(=O)O[C@H](C(=O)O)[C@H](OC(=O)c2ccc(OC(C)=O)c(OC)c2)C(=O)NNC(=O)c2ccco2)ccc1OC(C)=O. The highest BCUT2D eigenvalue weighted by Crippen LogP contribution is 2.30. The average molecular weight is 643 g/mol. The van der Waals surface area contributed by atoms with Gasteiger partial charge in [0.2, 0.25) is 12.2 Å².